The summed E-state index contributed by atoms with van der Waals surface area (Å²) in [7, 11) is -3.01. The van der Waals surface area contributed by atoms with E-state index in [2.05, 4.69) is 4.99 Å². The molecule has 0 spiro atoms. The summed E-state index contributed by atoms with van der Waals surface area (Å²) in [5.74, 6) is 0.127. The molecule has 2 atom stereocenters. The summed E-state index contributed by atoms with van der Waals surface area (Å²) in [6.07, 6.45) is 0. The molecule has 130 valence electrons. The molecule has 1 amide bonds. The zero-order chi connectivity index (χ0) is 17.5. The monoisotopic (exact) mass is 366 g/mol. The van der Waals surface area contributed by atoms with Crippen molar-refractivity contribution in [3.05, 3.63) is 35.9 Å². The van der Waals surface area contributed by atoms with E-state index in [0.29, 0.717) is 11.7 Å². The van der Waals surface area contributed by atoms with Crippen LogP contribution in [0.3, 0.4) is 0 Å². The third-order valence-corrected chi connectivity index (χ3v) is 7.46. The molecule has 0 saturated carbocycles. The lowest BCUT2D eigenvalue weighted by Crippen LogP contribution is -2.37. The number of nitrogens with zero attached hydrogens (tertiary/aromatic N) is 2. The predicted octanol–water partition coefficient (Wildman–Crippen LogP) is 2.33. The molecule has 0 N–H and O–H groups in total. The molecule has 5 nitrogen and oxygen atoms in total. The van der Waals surface area contributed by atoms with Crippen LogP contribution >= 0.6 is 11.8 Å². The summed E-state index contributed by atoms with van der Waals surface area (Å²) >= 11 is 1.43. The second-order valence-corrected chi connectivity index (χ2v) is 10.7. The highest BCUT2D eigenvalue weighted by Gasteiger charge is 2.48. The molecule has 2 fully saturated rings. The van der Waals surface area contributed by atoms with Crippen molar-refractivity contribution in [3.8, 4) is 0 Å². The highest BCUT2D eigenvalue weighted by Crippen LogP contribution is 2.39. The van der Waals surface area contributed by atoms with E-state index < -0.39 is 15.3 Å². The van der Waals surface area contributed by atoms with E-state index in [4.69, 9.17) is 0 Å². The lowest BCUT2D eigenvalue weighted by molar-refractivity contribution is -0.124. The van der Waals surface area contributed by atoms with Gasteiger partial charge in [-0.2, -0.15) is 4.99 Å². The van der Waals surface area contributed by atoms with Gasteiger partial charge in [-0.15, -0.1) is 0 Å². The minimum Gasteiger partial charge on any atom is -0.342 e. The minimum absolute atomic E-state index is 0.0368. The normalized spacial score (nSPS) is 27.5. The molecule has 2 aliphatic heterocycles. The van der Waals surface area contributed by atoms with Crippen LogP contribution in [-0.2, 0) is 21.2 Å². The molecule has 0 radical (unpaired) electrons. The van der Waals surface area contributed by atoms with Gasteiger partial charge in [0.25, 0.3) is 5.91 Å². The first-order chi connectivity index (χ1) is 11.2. The number of thioether (sulfide) groups is 1. The van der Waals surface area contributed by atoms with Crippen LogP contribution in [0.15, 0.2) is 35.3 Å². The van der Waals surface area contributed by atoms with Crippen LogP contribution in [0.2, 0.25) is 0 Å². The average molecular weight is 367 g/mol. The van der Waals surface area contributed by atoms with Gasteiger partial charge in [-0.3, -0.25) is 4.79 Å². The lowest BCUT2D eigenvalue weighted by atomic mass is 9.96. The fourth-order valence-corrected chi connectivity index (χ4v) is 6.80. The maximum atomic E-state index is 12.3. The van der Waals surface area contributed by atoms with Gasteiger partial charge in [0.1, 0.15) is 0 Å². The quantitative estimate of drug-likeness (QED) is 0.804. The van der Waals surface area contributed by atoms with E-state index in [1.807, 2.05) is 56.0 Å². The average Bonchev–Trinajstić information content (AvgIpc) is 2.92. The second kappa shape index (κ2) is 6.19. The predicted molar refractivity (Wildman–Crippen MR) is 97.7 cm³/mol. The number of amidine groups is 1. The molecule has 0 unspecified atom stereocenters. The number of hydrogen-bond acceptors (Lipinski definition) is 4. The molecule has 2 heterocycles. The number of carbonyl (C=O) groups is 1. The molecule has 7 heteroatoms. The number of rotatable bonds is 2. The number of aliphatic imine (C=N–C) groups is 1. The van der Waals surface area contributed by atoms with Gasteiger partial charge in [-0.25, -0.2) is 8.42 Å². The van der Waals surface area contributed by atoms with Crippen LogP contribution in [0.4, 0.5) is 0 Å². The highest BCUT2D eigenvalue weighted by atomic mass is 32.2. The number of amides is 1. The molecule has 0 aromatic heterocycles. The Balaban J connectivity index is 1.91. The van der Waals surface area contributed by atoms with Crippen molar-refractivity contribution in [2.24, 2.45) is 10.4 Å². The van der Waals surface area contributed by atoms with E-state index in [1.165, 1.54) is 11.8 Å². The van der Waals surface area contributed by atoms with Crippen LogP contribution in [0.25, 0.3) is 0 Å². The molecule has 0 bridgehead atoms. The standard InChI is InChI=1S/C17H22N2O3S2/c1-17(2,3)15(20)18-16-19(9-12-7-5-4-6-8-12)13-10-24(21,22)11-14(13)23-16/h4-8,13-14H,9-11H2,1-3H3/t13-,14-/m0/s1. The summed E-state index contributed by atoms with van der Waals surface area (Å²) in [5.41, 5.74) is 0.536. The smallest absolute Gasteiger partial charge is 0.253 e. The van der Waals surface area contributed by atoms with Gasteiger partial charge in [0, 0.05) is 17.2 Å². The molecule has 2 saturated heterocycles. The van der Waals surface area contributed by atoms with Gasteiger partial charge in [0.05, 0.1) is 17.5 Å². The van der Waals surface area contributed by atoms with Crippen molar-refractivity contribution < 1.29 is 13.2 Å². The van der Waals surface area contributed by atoms with Gasteiger partial charge in [0.2, 0.25) is 0 Å². The SMILES string of the molecule is CC(C)(C)C(=O)N=C1S[C@H]2CS(=O)(=O)C[C@@H]2N1Cc1ccccc1. The van der Waals surface area contributed by atoms with Crippen molar-refractivity contribution >= 4 is 32.7 Å². The molecule has 3 rings (SSSR count). The van der Waals surface area contributed by atoms with Crippen molar-refractivity contribution in [3.63, 3.8) is 0 Å². The fourth-order valence-electron chi connectivity index (χ4n) is 2.86. The Hall–Kier alpha value is -1.34. The zero-order valence-electron chi connectivity index (χ0n) is 14.1. The Bertz CT molecular complexity index is 767. The Kier molecular flexibility index (Phi) is 4.51. The third-order valence-electron chi connectivity index (χ3n) is 4.21. The maximum Gasteiger partial charge on any atom is 0.253 e. The minimum atomic E-state index is -3.01. The van der Waals surface area contributed by atoms with E-state index in [0.717, 1.165) is 5.56 Å². The number of hydrogen-bond donors (Lipinski definition) is 0. The molecule has 1 aromatic carbocycles. The van der Waals surface area contributed by atoms with Gasteiger partial charge >= 0.3 is 0 Å². The first-order valence-corrected chi connectivity index (χ1v) is 10.7. The van der Waals surface area contributed by atoms with Crippen LogP contribution in [-0.4, -0.2) is 47.2 Å². The third kappa shape index (κ3) is 3.67. The van der Waals surface area contributed by atoms with Crippen molar-refractivity contribution in [1.29, 1.82) is 0 Å². The summed E-state index contributed by atoms with van der Waals surface area (Å²) in [6.45, 7) is 6.09. The molecular formula is C17H22N2O3S2. The maximum absolute atomic E-state index is 12.3. The second-order valence-electron chi connectivity index (χ2n) is 7.36. The van der Waals surface area contributed by atoms with Crippen LogP contribution in [0.1, 0.15) is 26.3 Å². The zero-order valence-corrected chi connectivity index (χ0v) is 15.7. The number of carbonyl (C=O) groups excluding carboxylic acids is 1. The van der Waals surface area contributed by atoms with Gasteiger partial charge in [-0.05, 0) is 5.56 Å². The highest BCUT2D eigenvalue weighted by molar-refractivity contribution is 8.15. The van der Waals surface area contributed by atoms with Crippen LogP contribution in [0.5, 0.6) is 0 Å². The Morgan fingerprint density at radius 3 is 2.54 bits per heavy atom. The number of sulfone groups is 1. The molecule has 1 aromatic rings. The van der Waals surface area contributed by atoms with E-state index in [9.17, 15) is 13.2 Å². The largest absolute Gasteiger partial charge is 0.342 e. The summed E-state index contributed by atoms with van der Waals surface area (Å²) in [6, 6.07) is 9.77. The van der Waals surface area contributed by atoms with Crippen LogP contribution < -0.4 is 0 Å². The van der Waals surface area contributed by atoms with Crippen molar-refractivity contribution in [2.75, 3.05) is 11.5 Å². The van der Waals surface area contributed by atoms with Gasteiger partial charge < -0.3 is 4.90 Å². The van der Waals surface area contributed by atoms with Gasteiger partial charge in [0.15, 0.2) is 15.0 Å². The molecule has 2 aliphatic rings. The Morgan fingerprint density at radius 1 is 1.25 bits per heavy atom. The first-order valence-electron chi connectivity index (χ1n) is 7.96. The molecular weight excluding hydrogens is 344 g/mol. The molecule has 0 aliphatic carbocycles. The van der Waals surface area contributed by atoms with E-state index in [-0.39, 0.29) is 28.7 Å². The van der Waals surface area contributed by atoms with Gasteiger partial charge in [-0.1, -0.05) is 62.9 Å². The first kappa shape index (κ1) is 17.5. The lowest BCUT2D eigenvalue weighted by Gasteiger charge is -2.25. The topological polar surface area (TPSA) is 66.8 Å². The summed E-state index contributed by atoms with van der Waals surface area (Å²) in [4.78, 5) is 18.6. The number of fused-ring (bicyclic) bond motifs is 1. The Labute approximate surface area is 147 Å². The summed E-state index contributed by atoms with van der Waals surface area (Å²) in [5, 5.41) is 0.619. The Morgan fingerprint density at radius 2 is 1.92 bits per heavy atom. The summed E-state index contributed by atoms with van der Waals surface area (Å²) < 4.78 is 24.0. The van der Waals surface area contributed by atoms with Crippen LogP contribution in [0, 0.1) is 5.41 Å². The molecule has 24 heavy (non-hydrogen) atoms. The van der Waals surface area contributed by atoms with E-state index in [1.54, 1.807) is 0 Å². The number of benzene rings is 1. The van der Waals surface area contributed by atoms with E-state index >= 15 is 0 Å². The van der Waals surface area contributed by atoms with Crippen molar-refractivity contribution in [2.45, 2.75) is 38.6 Å². The fraction of sp³-hybridized carbons (Fsp3) is 0.529. The van der Waals surface area contributed by atoms with Crippen molar-refractivity contribution in [1.82, 2.24) is 4.90 Å².